The highest BCUT2D eigenvalue weighted by molar-refractivity contribution is 9.10. The lowest BCUT2D eigenvalue weighted by Crippen LogP contribution is -2.28. The Kier molecular flexibility index (Phi) is 10.8. The predicted molar refractivity (Wildman–Crippen MR) is 180 cm³/mol. The molecule has 0 unspecified atom stereocenters. The van der Waals surface area contributed by atoms with E-state index in [1.165, 1.54) is 49.3 Å². The fourth-order valence-electron chi connectivity index (χ4n) is 5.54. The van der Waals surface area contributed by atoms with Crippen molar-refractivity contribution < 1.29 is 14.9 Å². The van der Waals surface area contributed by atoms with Crippen molar-refractivity contribution in [1.29, 1.82) is 0 Å². The molecule has 0 aliphatic heterocycles. The van der Waals surface area contributed by atoms with Gasteiger partial charge in [-0.1, -0.05) is 83.8 Å². The first kappa shape index (κ1) is 31.8. The van der Waals surface area contributed by atoms with Crippen molar-refractivity contribution in [3.05, 3.63) is 81.7 Å². The van der Waals surface area contributed by atoms with E-state index >= 15 is 0 Å². The molecule has 41 heavy (non-hydrogen) atoms. The number of aliphatic hydroxyl groups excluding tert-OH is 1. The Labute approximate surface area is 262 Å². The average Bonchev–Trinajstić information content (AvgIpc) is 2.93. The minimum absolute atomic E-state index is 0.00183. The molecule has 220 valence electrons. The minimum atomic E-state index is -0.00183. The summed E-state index contributed by atoms with van der Waals surface area (Å²) in [5.41, 5.74) is 0.995. The van der Waals surface area contributed by atoms with Crippen LogP contribution in [-0.4, -0.2) is 22.4 Å². The molecule has 0 saturated heterocycles. The van der Waals surface area contributed by atoms with Gasteiger partial charge in [-0.2, -0.15) is 0 Å². The second kappa shape index (κ2) is 13.9. The van der Waals surface area contributed by atoms with E-state index in [0.29, 0.717) is 22.7 Å². The van der Waals surface area contributed by atoms with Crippen molar-refractivity contribution in [3.8, 4) is 11.5 Å². The number of ether oxygens (including phenoxy) is 1. The van der Waals surface area contributed by atoms with Crippen LogP contribution in [0.2, 0.25) is 0 Å². The zero-order chi connectivity index (χ0) is 29.6. The number of hydrogen-bond acceptors (Lipinski definition) is 3. The maximum Gasteiger partial charge on any atom is 0.120 e. The van der Waals surface area contributed by atoms with Crippen molar-refractivity contribution in [2.24, 2.45) is 10.8 Å². The molecule has 5 heteroatoms. The van der Waals surface area contributed by atoms with Gasteiger partial charge in [0.25, 0.3) is 0 Å². The highest BCUT2D eigenvalue weighted by atomic mass is 79.9. The summed E-state index contributed by atoms with van der Waals surface area (Å²) in [5, 5.41) is 23.0. The highest BCUT2D eigenvalue weighted by Gasteiger charge is 2.28. The molecule has 0 heterocycles. The molecule has 4 aromatic rings. The van der Waals surface area contributed by atoms with E-state index in [9.17, 15) is 5.11 Å². The smallest absolute Gasteiger partial charge is 0.120 e. The lowest BCUT2D eigenvalue weighted by Gasteiger charge is -2.34. The second-order valence-corrected chi connectivity index (χ2v) is 15.0. The third kappa shape index (κ3) is 10.0. The Bertz CT molecular complexity index is 1380. The first-order chi connectivity index (χ1) is 19.4. The van der Waals surface area contributed by atoms with E-state index in [-0.39, 0.29) is 6.10 Å². The van der Waals surface area contributed by atoms with Crippen LogP contribution in [-0.2, 0) is 0 Å². The van der Waals surface area contributed by atoms with Gasteiger partial charge in [-0.3, -0.25) is 0 Å². The van der Waals surface area contributed by atoms with E-state index in [0.717, 1.165) is 38.3 Å². The Morgan fingerprint density at radius 1 is 0.610 bits per heavy atom. The van der Waals surface area contributed by atoms with Gasteiger partial charge in [-0.15, -0.1) is 0 Å². The summed E-state index contributed by atoms with van der Waals surface area (Å²) in [6, 6.07) is 24.0. The van der Waals surface area contributed by atoms with Crippen LogP contribution in [0.25, 0.3) is 21.5 Å². The second-order valence-electron chi connectivity index (χ2n) is 13.2. The number of hydrogen-bond donors (Lipinski definition) is 2. The van der Waals surface area contributed by atoms with Crippen LogP contribution in [0.15, 0.2) is 81.7 Å². The quantitative estimate of drug-likeness (QED) is 0.221. The molecule has 0 spiro atoms. The molecule has 0 atom stereocenters. The van der Waals surface area contributed by atoms with Gasteiger partial charge in [0.1, 0.15) is 11.5 Å². The Morgan fingerprint density at radius 2 is 1.05 bits per heavy atom. The van der Waals surface area contributed by atoms with Gasteiger partial charge >= 0.3 is 0 Å². The molecular formula is C36H44Br2O3. The van der Waals surface area contributed by atoms with E-state index < -0.39 is 0 Å². The van der Waals surface area contributed by atoms with Crippen LogP contribution in [0.4, 0.5) is 0 Å². The van der Waals surface area contributed by atoms with Gasteiger partial charge in [0, 0.05) is 8.95 Å². The molecule has 2 saturated carbocycles. The number of aromatic hydroxyl groups is 1. The zero-order valence-electron chi connectivity index (χ0n) is 24.8. The summed E-state index contributed by atoms with van der Waals surface area (Å²) in [4.78, 5) is 0. The van der Waals surface area contributed by atoms with Gasteiger partial charge in [-0.05, 0) is 132 Å². The molecule has 2 fully saturated rings. The van der Waals surface area contributed by atoms with E-state index in [2.05, 4.69) is 96.0 Å². The number of aliphatic hydroxyl groups is 1. The van der Waals surface area contributed by atoms with Crippen LogP contribution in [0.1, 0.15) is 79.1 Å². The molecule has 2 aliphatic carbocycles. The lowest BCUT2D eigenvalue weighted by molar-refractivity contribution is 0.0800. The number of phenolic OH excluding ortho intramolecular Hbond substituents is 1. The Balaban J connectivity index is 0.000000156. The standard InChI is InChI=1S/C18H21BrO.C10H7BrO.C8H16O/c1-18(2)9-7-16(8-10-18)20-17-6-4-13-11-15(19)5-3-14(13)12-17;11-9-3-1-8-6-10(12)4-2-7(8)5-9;1-8(2)5-3-7(9)4-6-8/h3-6,11-12,16H,7-10H2,1-2H3;1-6,12H;7,9H,3-6H2,1-2H3. The van der Waals surface area contributed by atoms with Crippen molar-refractivity contribution >= 4 is 53.4 Å². The first-order valence-corrected chi connectivity index (χ1v) is 16.4. The minimum Gasteiger partial charge on any atom is -0.508 e. The molecule has 0 radical (unpaired) electrons. The number of phenols is 1. The number of benzene rings is 4. The van der Waals surface area contributed by atoms with Crippen LogP contribution >= 0.6 is 31.9 Å². The molecule has 0 aromatic heterocycles. The van der Waals surface area contributed by atoms with Gasteiger partial charge in [0.05, 0.1) is 12.2 Å². The SMILES string of the molecule is CC1(C)CCC(O)CC1.CC1(C)CCC(Oc2ccc3cc(Br)ccc3c2)CC1.Oc1ccc2cc(Br)ccc2c1. The molecule has 0 amide bonds. The fraction of sp³-hybridized carbons (Fsp3) is 0.444. The topological polar surface area (TPSA) is 49.7 Å². The Morgan fingerprint density at radius 3 is 1.59 bits per heavy atom. The molecule has 2 N–H and O–H groups in total. The monoisotopic (exact) mass is 682 g/mol. The summed E-state index contributed by atoms with van der Waals surface area (Å²) in [5.74, 6) is 1.31. The van der Waals surface area contributed by atoms with Crippen LogP contribution in [0, 0.1) is 10.8 Å². The van der Waals surface area contributed by atoms with Crippen molar-refractivity contribution in [2.45, 2.75) is 91.3 Å². The normalized spacial score (nSPS) is 18.6. The third-order valence-corrected chi connectivity index (χ3v) is 9.44. The molecule has 2 aliphatic rings. The van der Waals surface area contributed by atoms with Crippen molar-refractivity contribution in [1.82, 2.24) is 0 Å². The van der Waals surface area contributed by atoms with Crippen LogP contribution in [0.3, 0.4) is 0 Å². The fourth-order valence-corrected chi connectivity index (χ4v) is 6.30. The predicted octanol–water partition coefficient (Wildman–Crippen LogP) is 11.2. The number of fused-ring (bicyclic) bond motifs is 2. The summed E-state index contributed by atoms with van der Waals surface area (Å²) >= 11 is 6.90. The maximum atomic E-state index is 9.19. The largest absolute Gasteiger partial charge is 0.508 e. The van der Waals surface area contributed by atoms with Crippen LogP contribution < -0.4 is 4.74 Å². The summed E-state index contributed by atoms with van der Waals surface area (Å²) in [6.07, 6.45) is 9.64. The highest BCUT2D eigenvalue weighted by Crippen LogP contribution is 2.37. The Hall–Kier alpha value is -2.08. The summed E-state index contributed by atoms with van der Waals surface area (Å²) in [6.45, 7) is 9.27. The van der Waals surface area contributed by atoms with Gasteiger partial charge in [-0.25, -0.2) is 0 Å². The number of rotatable bonds is 2. The van der Waals surface area contributed by atoms with Gasteiger partial charge in [0.2, 0.25) is 0 Å². The van der Waals surface area contributed by atoms with Crippen molar-refractivity contribution in [3.63, 3.8) is 0 Å². The maximum absolute atomic E-state index is 9.19. The van der Waals surface area contributed by atoms with Gasteiger partial charge in [0.15, 0.2) is 0 Å². The molecule has 4 aromatic carbocycles. The molecule has 3 nitrogen and oxygen atoms in total. The van der Waals surface area contributed by atoms with Crippen molar-refractivity contribution in [2.75, 3.05) is 0 Å². The third-order valence-electron chi connectivity index (χ3n) is 8.46. The summed E-state index contributed by atoms with van der Waals surface area (Å²) in [7, 11) is 0. The van der Waals surface area contributed by atoms with Gasteiger partial charge < -0.3 is 14.9 Å². The molecule has 6 rings (SSSR count). The molecular weight excluding hydrogens is 640 g/mol. The van der Waals surface area contributed by atoms with E-state index in [4.69, 9.17) is 9.84 Å². The number of halogens is 2. The lowest BCUT2D eigenvalue weighted by atomic mass is 9.76. The molecule has 0 bridgehead atoms. The van der Waals surface area contributed by atoms with E-state index in [1.54, 1.807) is 12.1 Å². The summed E-state index contributed by atoms with van der Waals surface area (Å²) < 4.78 is 8.35. The van der Waals surface area contributed by atoms with E-state index in [1.807, 2.05) is 24.3 Å². The first-order valence-electron chi connectivity index (χ1n) is 14.8. The zero-order valence-corrected chi connectivity index (χ0v) is 28.0. The van der Waals surface area contributed by atoms with Crippen LogP contribution in [0.5, 0.6) is 11.5 Å². The average molecular weight is 685 g/mol.